The third-order valence-corrected chi connectivity index (χ3v) is 2.49. The summed E-state index contributed by atoms with van der Waals surface area (Å²) in [7, 11) is 0. The van der Waals surface area contributed by atoms with E-state index < -0.39 is 34.9 Å². The second kappa shape index (κ2) is 4.52. The summed E-state index contributed by atoms with van der Waals surface area (Å²) >= 11 is 0. The van der Waals surface area contributed by atoms with E-state index in [2.05, 4.69) is 0 Å². The van der Waals surface area contributed by atoms with Crippen LogP contribution < -0.4 is 0 Å². The first kappa shape index (κ1) is 15.5. The van der Waals surface area contributed by atoms with Crippen LogP contribution in [0.25, 0.3) is 0 Å². The lowest BCUT2D eigenvalue weighted by Crippen LogP contribution is -2.52. The molecular formula is C11H8F6O2. The van der Waals surface area contributed by atoms with E-state index >= 15 is 0 Å². The van der Waals surface area contributed by atoms with Crippen molar-refractivity contribution in [3.8, 4) is 0 Å². The molecule has 1 aromatic carbocycles. The Balaban J connectivity index is 3.20. The number of rotatable bonds is 3. The smallest absolute Gasteiger partial charge is 0.377 e. The molecule has 0 heterocycles. The summed E-state index contributed by atoms with van der Waals surface area (Å²) in [5.41, 5.74) is -3.66. The first-order valence-electron chi connectivity index (χ1n) is 4.88. The molecule has 1 unspecified atom stereocenters. The molecule has 0 bridgehead atoms. The van der Waals surface area contributed by atoms with E-state index in [0.717, 1.165) is 24.3 Å². The van der Waals surface area contributed by atoms with Crippen LogP contribution >= 0.6 is 0 Å². The highest BCUT2D eigenvalue weighted by molar-refractivity contribution is 5.94. The standard InChI is InChI=1S/C11H8F6O2/c1-9(19,6-2-4-7(12)5-3-6)8(18)10(13,14)11(15,16)17/h2-5,19H,1H3. The fourth-order valence-corrected chi connectivity index (χ4v) is 1.34. The summed E-state index contributed by atoms with van der Waals surface area (Å²) in [5, 5.41) is 9.59. The minimum atomic E-state index is -6.12. The predicted octanol–water partition coefficient (Wildman–Crippen LogP) is 2.80. The lowest BCUT2D eigenvalue weighted by molar-refractivity contribution is -0.275. The normalized spacial score (nSPS) is 16.0. The Morgan fingerprint density at radius 1 is 1.05 bits per heavy atom. The van der Waals surface area contributed by atoms with Gasteiger partial charge in [0.2, 0.25) is 5.78 Å². The van der Waals surface area contributed by atoms with Crippen LogP contribution in [0, 0.1) is 5.82 Å². The van der Waals surface area contributed by atoms with Crippen molar-refractivity contribution >= 4 is 5.78 Å². The molecule has 106 valence electrons. The maximum Gasteiger partial charge on any atom is 0.461 e. The molecule has 0 saturated heterocycles. The third kappa shape index (κ3) is 2.73. The van der Waals surface area contributed by atoms with Gasteiger partial charge >= 0.3 is 12.1 Å². The second-order valence-corrected chi connectivity index (χ2v) is 3.98. The van der Waals surface area contributed by atoms with Crippen LogP contribution in [0.1, 0.15) is 12.5 Å². The largest absolute Gasteiger partial charge is 0.461 e. The summed E-state index contributed by atoms with van der Waals surface area (Å²) in [4.78, 5) is 11.2. The molecule has 0 aliphatic carbocycles. The molecule has 0 aliphatic heterocycles. The Hall–Kier alpha value is -1.57. The third-order valence-electron chi connectivity index (χ3n) is 2.49. The van der Waals surface area contributed by atoms with E-state index in [-0.39, 0.29) is 0 Å². The van der Waals surface area contributed by atoms with E-state index in [0.29, 0.717) is 6.92 Å². The first-order valence-corrected chi connectivity index (χ1v) is 4.88. The number of hydrogen-bond donors (Lipinski definition) is 1. The van der Waals surface area contributed by atoms with Gasteiger partial charge in [0, 0.05) is 0 Å². The molecule has 1 aromatic rings. The lowest BCUT2D eigenvalue weighted by Gasteiger charge is -2.28. The molecule has 0 saturated carbocycles. The van der Waals surface area contributed by atoms with Gasteiger partial charge in [0.1, 0.15) is 5.82 Å². The van der Waals surface area contributed by atoms with Crippen molar-refractivity contribution in [2.24, 2.45) is 0 Å². The highest BCUT2D eigenvalue weighted by Gasteiger charge is 2.66. The zero-order chi connectivity index (χ0) is 15.1. The molecule has 0 radical (unpaired) electrons. The summed E-state index contributed by atoms with van der Waals surface area (Å²) in [6.07, 6.45) is -6.12. The van der Waals surface area contributed by atoms with Crippen molar-refractivity contribution in [2.75, 3.05) is 0 Å². The van der Waals surface area contributed by atoms with Crippen LogP contribution in [0.5, 0.6) is 0 Å². The van der Waals surface area contributed by atoms with Gasteiger partial charge in [-0.05, 0) is 24.6 Å². The van der Waals surface area contributed by atoms with Gasteiger partial charge in [0.15, 0.2) is 5.60 Å². The Morgan fingerprint density at radius 2 is 1.47 bits per heavy atom. The number of alkyl halides is 5. The predicted molar refractivity (Wildman–Crippen MR) is 52.0 cm³/mol. The van der Waals surface area contributed by atoms with Gasteiger partial charge in [-0.1, -0.05) is 12.1 Å². The van der Waals surface area contributed by atoms with Crippen molar-refractivity contribution < 1.29 is 36.2 Å². The van der Waals surface area contributed by atoms with Gasteiger partial charge in [-0.3, -0.25) is 4.79 Å². The number of aliphatic hydroxyl groups is 1. The van der Waals surface area contributed by atoms with E-state index in [4.69, 9.17) is 0 Å². The highest BCUT2D eigenvalue weighted by atomic mass is 19.4. The summed E-state index contributed by atoms with van der Waals surface area (Å²) in [6.45, 7) is 0.488. The van der Waals surface area contributed by atoms with Crippen molar-refractivity contribution in [1.29, 1.82) is 0 Å². The van der Waals surface area contributed by atoms with Crippen LogP contribution in [0.4, 0.5) is 26.3 Å². The minimum Gasteiger partial charge on any atom is -0.377 e. The second-order valence-electron chi connectivity index (χ2n) is 3.98. The van der Waals surface area contributed by atoms with Gasteiger partial charge < -0.3 is 5.11 Å². The summed E-state index contributed by atoms with van der Waals surface area (Å²) < 4.78 is 74.5. The van der Waals surface area contributed by atoms with E-state index in [1.54, 1.807) is 0 Å². The average Bonchev–Trinajstić information content (AvgIpc) is 2.27. The molecule has 1 N–H and O–H groups in total. The van der Waals surface area contributed by atoms with Crippen LogP contribution in [-0.4, -0.2) is 23.0 Å². The fourth-order valence-electron chi connectivity index (χ4n) is 1.34. The van der Waals surface area contributed by atoms with E-state index in [1.807, 2.05) is 0 Å². The Bertz CT molecular complexity index is 475. The maximum absolute atomic E-state index is 12.9. The molecule has 1 rings (SSSR count). The van der Waals surface area contributed by atoms with Crippen LogP contribution in [0.15, 0.2) is 24.3 Å². The molecule has 0 fully saturated rings. The van der Waals surface area contributed by atoms with Gasteiger partial charge in [-0.15, -0.1) is 0 Å². The maximum atomic E-state index is 12.9. The number of ketones is 1. The molecule has 1 atom stereocenters. The van der Waals surface area contributed by atoms with Gasteiger partial charge in [-0.25, -0.2) is 4.39 Å². The SMILES string of the molecule is CC(O)(C(=O)C(F)(F)C(F)(F)F)c1ccc(F)cc1. The topological polar surface area (TPSA) is 37.3 Å². The van der Waals surface area contributed by atoms with Crippen LogP contribution in [0.2, 0.25) is 0 Å². The van der Waals surface area contributed by atoms with Crippen molar-refractivity contribution in [3.05, 3.63) is 35.6 Å². The summed E-state index contributed by atoms with van der Waals surface area (Å²) in [5.74, 6) is -9.22. The van der Waals surface area contributed by atoms with Crippen molar-refractivity contribution in [3.63, 3.8) is 0 Å². The number of Topliss-reactive ketones (excluding diaryl/α,β-unsaturated/α-hetero) is 1. The Labute approximate surface area is 103 Å². The lowest BCUT2D eigenvalue weighted by atomic mass is 9.88. The van der Waals surface area contributed by atoms with Gasteiger partial charge in [-0.2, -0.15) is 22.0 Å². The number of carbonyl (C=O) groups is 1. The monoisotopic (exact) mass is 286 g/mol. The van der Waals surface area contributed by atoms with E-state index in [9.17, 15) is 36.2 Å². The minimum absolute atomic E-state index is 0.488. The zero-order valence-electron chi connectivity index (χ0n) is 9.43. The molecule has 19 heavy (non-hydrogen) atoms. The highest BCUT2D eigenvalue weighted by Crippen LogP contribution is 2.41. The van der Waals surface area contributed by atoms with Crippen molar-refractivity contribution in [2.45, 2.75) is 24.6 Å². The molecule has 2 nitrogen and oxygen atoms in total. The Kier molecular flexibility index (Phi) is 3.68. The first-order chi connectivity index (χ1) is 8.40. The number of hydrogen-bond acceptors (Lipinski definition) is 2. The van der Waals surface area contributed by atoms with Crippen molar-refractivity contribution in [1.82, 2.24) is 0 Å². The zero-order valence-corrected chi connectivity index (χ0v) is 9.43. The molecule has 0 amide bonds. The molecular weight excluding hydrogens is 278 g/mol. The number of benzene rings is 1. The van der Waals surface area contributed by atoms with Gasteiger partial charge in [0.05, 0.1) is 0 Å². The quantitative estimate of drug-likeness (QED) is 0.868. The number of halogens is 6. The van der Waals surface area contributed by atoms with E-state index in [1.165, 1.54) is 0 Å². The molecule has 0 spiro atoms. The molecule has 0 aliphatic rings. The Morgan fingerprint density at radius 3 is 1.84 bits per heavy atom. The summed E-state index contributed by atoms with van der Waals surface area (Å²) in [6, 6.07) is 2.95. The average molecular weight is 286 g/mol. The fraction of sp³-hybridized carbons (Fsp3) is 0.364. The van der Waals surface area contributed by atoms with Gasteiger partial charge in [0.25, 0.3) is 0 Å². The molecule has 0 aromatic heterocycles. The van der Waals surface area contributed by atoms with Crippen LogP contribution in [-0.2, 0) is 10.4 Å². The number of carbonyl (C=O) groups excluding carboxylic acids is 1. The molecule has 8 heteroatoms. The van der Waals surface area contributed by atoms with Crippen LogP contribution in [0.3, 0.4) is 0 Å².